The Morgan fingerprint density at radius 2 is 1.71 bits per heavy atom. The molecule has 0 saturated heterocycles. The summed E-state index contributed by atoms with van der Waals surface area (Å²) in [7, 11) is -2.03. The highest BCUT2D eigenvalue weighted by Crippen LogP contribution is 2.31. The number of methoxy groups -OCH3 is 1. The number of hydrogen-bond donors (Lipinski definition) is 2. The molecule has 6 nitrogen and oxygen atoms in total. The first-order chi connectivity index (χ1) is 14.9. The molecule has 0 saturated carbocycles. The second kappa shape index (κ2) is 10.4. The molecule has 0 aliphatic heterocycles. The van der Waals surface area contributed by atoms with Crippen LogP contribution in [0.3, 0.4) is 0 Å². The van der Waals surface area contributed by atoms with E-state index in [0.29, 0.717) is 18.9 Å². The Kier molecular flexibility index (Phi) is 7.68. The second-order valence-electron chi connectivity index (χ2n) is 7.34. The topological polar surface area (TPSA) is 90.6 Å². The summed E-state index contributed by atoms with van der Waals surface area (Å²) in [6, 6.07) is 20.7. The molecule has 0 aliphatic rings. The van der Waals surface area contributed by atoms with E-state index in [4.69, 9.17) is 14.6 Å². The minimum atomic E-state index is -3.66. The Bertz CT molecular complexity index is 1110. The van der Waals surface area contributed by atoms with Gasteiger partial charge in [-0.25, -0.2) is 13.6 Å². The number of rotatable bonds is 10. The van der Waals surface area contributed by atoms with Gasteiger partial charge in [-0.1, -0.05) is 54.1 Å². The molecule has 3 aromatic carbocycles. The SMILES string of the molecule is COc1cccc(CNCCc2ccc(S(N)(=O)=O)cc2)c1OCc1cccc(C)c1. The smallest absolute Gasteiger partial charge is 0.238 e. The van der Waals surface area contributed by atoms with Crippen molar-refractivity contribution in [3.8, 4) is 11.5 Å². The molecule has 0 heterocycles. The van der Waals surface area contributed by atoms with E-state index < -0.39 is 10.0 Å². The van der Waals surface area contributed by atoms with E-state index in [1.165, 1.54) is 17.7 Å². The van der Waals surface area contributed by atoms with Crippen molar-refractivity contribution in [3.63, 3.8) is 0 Å². The van der Waals surface area contributed by atoms with Crippen LogP contribution in [0.2, 0.25) is 0 Å². The van der Waals surface area contributed by atoms with Gasteiger partial charge >= 0.3 is 0 Å². The lowest BCUT2D eigenvalue weighted by Crippen LogP contribution is -2.17. The van der Waals surface area contributed by atoms with E-state index in [1.54, 1.807) is 19.2 Å². The standard InChI is InChI=1S/C24H28N2O4S/c1-18-5-3-6-20(15-18)17-30-24-21(7-4-8-23(24)29-2)16-26-14-13-19-9-11-22(12-10-19)31(25,27)28/h3-12,15,26H,13-14,16-17H2,1-2H3,(H2,25,27,28). The molecule has 0 unspecified atom stereocenters. The molecular weight excluding hydrogens is 412 g/mol. The summed E-state index contributed by atoms with van der Waals surface area (Å²) < 4.78 is 34.3. The number of ether oxygens (including phenoxy) is 2. The fourth-order valence-electron chi connectivity index (χ4n) is 3.28. The molecule has 3 aromatic rings. The Labute approximate surface area is 184 Å². The monoisotopic (exact) mass is 440 g/mol. The van der Waals surface area contributed by atoms with Gasteiger partial charge in [-0.05, 0) is 49.2 Å². The van der Waals surface area contributed by atoms with E-state index in [9.17, 15) is 8.42 Å². The predicted molar refractivity (Wildman–Crippen MR) is 122 cm³/mol. The first-order valence-corrected chi connectivity index (χ1v) is 11.6. The van der Waals surface area contributed by atoms with Crippen molar-refractivity contribution in [1.29, 1.82) is 0 Å². The second-order valence-corrected chi connectivity index (χ2v) is 8.90. The Morgan fingerprint density at radius 3 is 2.39 bits per heavy atom. The van der Waals surface area contributed by atoms with Crippen LogP contribution >= 0.6 is 0 Å². The number of aryl methyl sites for hydroxylation is 1. The highest BCUT2D eigenvalue weighted by Gasteiger charge is 2.11. The van der Waals surface area contributed by atoms with E-state index in [0.717, 1.165) is 35.4 Å². The van der Waals surface area contributed by atoms with Gasteiger partial charge < -0.3 is 14.8 Å². The van der Waals surface area contributed by atoms with Crippen molar-refractivity contribution in [2.24, 2.45) is 5.14 Å². The van der Waals surface area contributed by atoms with Crippen LogP contribution in [0, 0.1) is 6.92 Å². The zero-order chi connectivity index (χ0) is 22.3. The van der Waals surface area contributed by atoms with Crippen LogP contribution in [-0.4, -0.2) is 22.1 Å². The van der Waals surface area contributed by atoms with Crippen LogP contribution in [0.25, 0.3) is 0 Å². The third-order valence-corrected chi connectivity index (χ3v) is 5.83. The fourth-order valence-corrected chi connectivity index (χ4v) is 3.80. The average molecular weight is 441 g/mol. The normalized spacial score (nSPS) is 11.3. The molecule has 0 atom stereocenters. The van der Waals surface area contributed by atoms with Crippen molar-refractivity contribution in [3.05, 3.63) is 89.0 Å². The molecule has 164 valence electrons. The van der Waals surface area contributed by atoms with E-state index in [2.05, 4.69) is 24.4 Å². The van der Waals surface area contributed by atoms with Gasteiger partial charge in [0.15, 0.2) is 11.5 Å². The zero-order valence-corrected chi connectivity index (χ0v) is 18.6. The number of nitrogens with two attached hydrogens (primary N) is 1. The third kappa shape index (κ3) is 6.55. The lowest BCUT2D eigenvalue weighted by atomic mass is 10.1. The molecule has 0 aliphatic carbocycles. The van der Waals surface area contributed by atoms with Gasteiger partial charge in [-0.3, -0.25) is 0 Å². The third-order valence-electron chi connectivity index (χ3n) is 4.90. The van der Waals surface area contributed by atoms with Crippen LogP contribution < -0.4 is 19.9 Å². The van der Waals surface area contributed by atoms with Crippen LogP contribution in [0.5, 0.6) is 11.5 Å². The zero-order valence-electron chi connectivity index (χ0n) is 17.8. The minimum Gasteiger partial charge on any atom is -0.493 e. The van der Waals surface area contributed by atoms with Crippen LogP contribution in [-0.2, 0) is 29.6 Å². The highest BCUT2D eigenvalue weighted by atomic mass is 32.2. The maximum absolute atomic E-state index is 11.3. The van der Waals surface area contributed by atoms with Crippen molar-refractivity contribution in [1.82, 2.24) is 5.32 Å². The maximum Gasteiger partial charge on any atom is 0.238 e. The van der Waals surface area contributed by atoms with Crippen molar-refractivity contribution >= 4 is 10.0 Å². The van der Waals surface area contributed by atoms with Gasteiger partial charge in [-0.15, -0.1) is 0 Å². The lowest BCUT2D eigenvalue weighted by molar-refractivity contribution is 0.280. The van der Waals surface area contributed by atoms with Gasteiger partial charge in [0, 0.05) is 12.1 Å². The van der Waals surface area contributed by atoms with Gasteiger partial charge in [0.25, 0.3) is 0 Å². The summed E-state index contributed by atoms with van der Waals surface area (Å²) in [6.07, 6.45) is 0.758. The highest BCUT2D eigenvalue weighted by molar-refractivity contribution is 7.89. The summed E-state index contributed by atoms with van der Waals surface area (Å²) >= 11 is 0. The molecule has 0 radical (unpaired) electrons. The number of benzene rings is 3. The Hall–Kier alpha value is -2.87. The Balaban J connectivity index is 1.59. The van der Waals surface area contributed by atoms with Crippen LogP contribution in [0.1, 0.15) is 22.3 Å². The quantitative estimate of drug-likeness (QED) is 0.471. The van der Waals surface area contributed by atoms with Crippen molar-refractivity contribution in [2.45, 2.75) is 31.4 Å². The van der Waals surface area contributed by atoms with Gasteiger partial charge in [0.05, 0.1) is 12.0 Å². The molecular formula is C24H28N2O4S. The number of hydrogen-bond acceptors (Lipinski definition) is 5. The first-order valence-electron chi connectivity index (χ1n) is 10.0. The van der Waals surface area contributed by atoms with Crippen LogP contribution in [0.4, 0.5) is 0 Å². The van der Waals surface area contributed by atoms with Crippen LogP contribution in [0.15, 0.2) is 71.6 Å². The molecule has 0 fully saturated rings. The summed E-state index contributed by atoms with van der Waals surface area (Å²) in [6.45, 7) is 3.87. The summed E-state index contributed by atoms with van der Waals surface area (Å²) in [5.41, 5.74) is 4.34. The average Bonchev–Trinajstić information content (AvgIpc) is 2.75. The van der Waals surface area contributed by atoms with Crippen molar-refractivity contribution < 1.29 is 17.9 Å². The molecule has 0 spiro atoms. The number of sulfonamides is 1. The maximum atomic E-state index is 11.3. The summed E-state index contributed by atoms with van der Waals surface area (Å²) in [5.74, 6) is 1.43. The largest absolute Gasteiger partial charge is 0.493 e. The molecule has 7 heteroatoms. The summed E-state index contributed by atoms with van der Waals surface area (Å²) in [5, 5.41) is 8.55. The molecule has 0 amide bonds. The number of para-hydroxylation sites is 1. The minimum absolute atomic E-state index is 0.121. The first kappa shape index (κ1) is 22.8. The van der Waals surface area contributed by atoms with E-state index in [-0.39, 0.29) is 4.90 Å². The predicted octanol–water partition coefficient (Wildman–Crippen LogP) is 3.56. The van der Waals surface area contributed by atoms with Gasteiger partial charge in [-0.2, -0.15) is 0 Å². The number of primary sulfonamides is 1. The van der Waals surface area contributed by atoms with E-state index in [1.807, 2.05) is 30.3 Å². The molecule has 31 heavy (non-hydrogen) atoms. The van der Waals surface area contributed by atoms with Crippen molar-refractivity contribution in [2.75, 3.05) is 13.7 Å². The summed E-state index contributed by atoms with van der Waals surface area (Å²) in [4.78, 5) is 0.121. The number of nitrogens with one attached hydrogen (secondary N) is 1. The van der Waals surface area contributed by atoms with E-state index >= 15 is 0 Å². The molecule has 3 N–H and O–H groups in total. The lowest BCUT2D eigenvalue weighted by Gasteiger charge is -2.16. The Morgan fingerprint density at radius 1 is 0.968 bits per heavy atom. The molecule has 0 bridgehead atoms. The fraction of sp³-hybridized carbons (Fsp3) is 0.250. The molecule has 3 rings (SSSR count). The van der Waals surface area contributed by atoms with Gasteiger partial charge in [0.2, 0.25) is 10.0 Å². The molecule has 0 aromatic heterocycles. The van der Waals surface area contributed by atoms with Gasteiger partial charge in [0.1, 0.15) is 6.61 Å².